The van der Waals surface area contributed by atoms with Crippen molar-refractivity contribution >= 4 is 14.8 Å². The summed E-state index contributed by atoms with van der Waals surface area (Å²) in [7, 11) is -1.61. The van der Waals surface area contributed by atoms with Crippen LogP contribution in [0.3, 0.4) is 0 Å². The van der Waals surface area contributed by atoms with Crippen LogP contribution in [0.4, 0.5) is 4.79 Å². The number of carbonyl (C=O) groups is 1. The summed E-state index contributed by atoms with van der Waals surface area (Å²) >= 11 is 0. The topological polar surface area (TPSA) is 82.8 Å². The van der Waals surface area contributed by atoms with Gasteiger partial charge in [0, 0.05) is 19.7 Å². The maximum Gasteiger partial charge on any atom is 0.631 e. The molecule has 6 nitrogen and oxygen atoms in total. The first kappa shape index (κ1) is 23.2. The minimum atomic E-state index is -3.20. The lowest BCUT2D eigenvalue weighted by Crippen LogP contribution is -2.51. The van der Waals surface area contributed by atoms with Gasteiger partial charge in [-0.15, -0.1) is 13.2 Å². The molecule has 0 aromatic heterocycles. The third kappa shape index (κ3) is 6.79. The highest BCUT2D eigenvalue weighted by Gasteiger charge is 2.45. The number of carbonyl (C=O) groups excluding carboxylic acids is 1. The second-order valence-corrected chi connectivity index (χ2v) is 9.37. The van der Waals surface area contributed by atoms with Crippen molar-refractivity contribution in [2.75, 3.05) is 13.7 Å². The van der Waals surface area contributed by atoms with Crippen molar-refractivity contribution in [3.63, 3.8) is 0 Å². The Labute approximate surface area is 179 Å². The zero-order chi connectivity index (χ0) is 21.8. The molecule has 2 aromatic rings. The number of para-hydroxylation sites is 2. The second-order valence-electron chi connectivity index (χ2n) is 6.69. The van der Waals surface area contributed by atoms with Crippen LogP contribution in [0, 0.1) is 0 Å². The predicted molar refractivity (Wildman–Crippen MR) is 122 cm³/mol. The minimum absolute atomic E-state index is 0.406. The molecule has 2 aromatic carbocycles. The first-order chi connectivity index (χ1) is 14.5. The normalized spacial score (nSPS) is 10.8. The predicted octanol–water partition coefficient (Wildman–Crippen LogP) is 4.25. The molecule has 0 aliphatic heterocycles. The number of nitrogens with one attached hydrogen (secondary N) is 1. The number of hydrogen-bond acceptors (Lipinski definition) is 4. The van der Waals surface area contributed by atoms with E-state index in [0.717, 1.165) is 11.1 Å². The quantitative estimate of drug-likeness (QED) is 0.285. The van der Waals surface area contributed by atoms with E-state index < -0.39 is 14.8 Å². The molecule has 0 heterocycles. The van der Waals surface area contributed by atoms with Gasteiger partial charge in [-0.1, -0.05) is 48.6 Å². The Morgan fingerprint density at radius 1 is 1.00 bits per heavy atom. The Bertz CT molecular complexity index is 801. The van der Waals surface area contributed by atoms with Crippen molar-refractivity contribution in [2.45, 2.75) is 25.3 Å². The standard InChI is InChI=1S/C23H30N2O4Si/c1-4-11-19-13-6-8-15-21(19)28-30(27-3,18-10-17-25-23(24)26)29-22-16-9-7-14-20(22)12-5-2/h4-9,13-16H,1-2,10-12,17-18H2,3H3,(H3,24,25,26). The van der Waals surface area contributed by atoms with Crippen LogP contribution in [0.2, 0.25) is 6.04 Å². The maximum atomic E-state index is 11.0. The molecule has 30 heavy (non-hydrogen) atoms. The average molecular weight is 427 g/mol. The van der Waals surface area contributed by atoms with Gasteiger partial charge < -0.3 is 24.3 Å². The molecular weight excluding hydrogens is 396 g/mol. The van der Waals surface area contributed by atoms with Gasteiger partial charge in [0.05, 0.1) is 0 Å². The lowest BCUT2D eigenvalue weighted by Gasteiger charge is -2.30. The van der Waals surface area contributed by atoms with E-state index in [0.29, 0.717) is 43.4 Å². The molecule has 7 heteroatoms. The fraction of sp³-hybridized carbons (Fsp3) is 0.261. The van der Waals surface area contributed by atoms with Crippen LogP contribution in [-0.2, 0) is 17.3 Å². The van der Waals surface area contributed by atoms with Crippen LogP contribution in [0.25, 0.3) is 0 Å². The molecular formula is C23H30N2O4Si. The number of benzene rings is 2. The third-order valence-electron chi connectivity index (χ3n) is 4.47. The van der Waals surface area contributed by atoms with Gasteiger partial charge in [0.25, 0.3) is 0 Å². The molecule has 0 fully saturated rings. The van der Waals surface area contributed by atoms with E-state index in [1.165, 1.54) is 0 Å². The molecule has 0 saturated heterocycles. The van der Waals surface area contributed by atoms with Crippen molar-refractivity contribution in [2.24, 2.45) is 5.73 Å². The molecule has 0 aliphatic rings. The molecule has 3 N–H and O–H groups in total. The lowest BCUT2D eigenvalue weighted by molar-refractivity contribution is 0.202. The molecule has 2 rings (SSSR count). The molecule has 0 unspecified atom stereocenters. The first-order valence-electron chi connectivity index (χ1n) is 9.87. The first-order valence-corrected chi connectivity index (χ1v) is 11.8. The van der Waals surface area contributed by atoms with E-state index in [2.05, 4.69) is 18.5 Å². The fourth-order valence-electron chi connectivity index (χ4n) is 3.01. The second kappa shape index (κ2) is 11.8. The Morgan fingerprint density at radius 3 is 1.93 bits per heavy atom. The molecule has 0 spiro atoms. The molecule has 0 radical (unpaired) electrons. The minimum Gasteiger partial charge on any atom is -0.492 e. The van der Waals surface area contributed by atoms with Gasteiger partial charge in [0.1, 0.15) is 11.5 Å². The van der Waals surface area contributed by atoms with Crippen LogP contribution >= 0.6 is 0 Å². The largest absolute Gasteiger partial charge is 0.631 e. The van der Waals surface area contributed by atoms with E-state index in [1.807, 2.05) is 60.7 Å². The Balaban J connectivity index is 2.34. The number of primary amides is 1. The number of nitrogens with two attached hydrogens (primary N) is 1. The molecule has 160 valence electrons. The van der Waals surface area contributed by atoms with E-state index >= 15 is 0 Å². The number of hydrogen-bond donors (Lipinski definition) is 2. The van der Waals surface area contributed by atoms with E-state index in [9.17, 15) is 4.79 Å². The maximum absolute atomic E-state index is 11.0. The van der Waals surface area contributed by atoms with Crippen LogP contribution in [0.15, 0.2) is 73.8 Å². The van der Waals surface area contributed by atoms with Gasteiger partial charge in [-0.25, -0.2) is 4.79 Å². The molecule has 0 bridgehead atoms. The third-order valence-corrected chi connectivity index (χ3v) is 7.12. The molecule has 0 aliphatic carbocycles. The van der Waals surface area contributed by atoms with Crippen LogP contribution < -0.4 is 19.9 Å². The van der Waals surface area contributed by atoms with Gasteiger partial charge in [-0.05, 0) is 42.5 Å². The van der Waals surface area contributed by atoms with E-state index in [4.69, 9.17) is 19.0 Å². The Morgan fingerprint density at radius 2 is 1.50 bits per heavy atom. The molecule has 0 atom stereocenters. The van der Waals surface area contributed by atoms with Crippen molar-refractivity contribution in [1.29, 1.82) is 0 Å². The molecule has 0 saturated carbocycles. The Hall–Kier alpha value is -3.03. The van der Waals surface area contributed by atoms with Crippen molar-refractivity contribution < 1.29 is 18.1 Å². The van der Waals surface area contributed by atoms with Crippen molar-refractivity contribution in [1.82, 2.24) is 5.32 Å². The highest BCUT2D eigenvalue weighted by atomic mass is 28.4. The summed E-state index contributed by atoms with van der Waals surface area (Å²) in [5.74, 6) is 1.41. The van der Waals surface area contributed by atoms with Crippen LogP contribution in [0.1, 0.15) is 17.5 Å². The number of rotatable bonds is 13. The Kier molecular flexibility index (Phi) is 9.18. The smallest absolute Gasteiger partial charge is 0.492 e. The van der Waals surface area contributed by atoms with E-state index in [-0.39, 0.29) is 0 Å². The van der Waals surface area contributed by atoms with Gasteiger partial charge in [0.15, 0.2) is 0 Å². The summed E-state index contributed by atoms with van der Waals surface area (Å²) in [6, 6.07) is 15.5. The van der Waals surface area contributed by atoms with E-state index in [1.54, 1.807) is 7.11 Å². The lowest BCUT2D eigenvalue weighted by atomic mass is 10.1. The summed E-state index contributed by atoms with van der Waals surface area (Å²) in [6.07, 6.45) is 5.59. The van der Waals surface area contributed by atoms with Gasteiger partial charge in [0.2, 0.25) is 0 Å². The van der Waals surface area contributed by atoms with Gasteiger partial charge in [-0.2, -0.15) is 0 Å². The summed E-state index contributed by atoms with van der Waals surface area (Å²) in [5.41, 5.74) is 7.18. The fourth-order valence-corrected chi connectivity index (χ4v) is 5.31. The zero-order valence-corrected chi connectivity index (χ0v) is 18.4. The number of urea groups is 1. The van der Waals surface area contributed by atoms with Crippen LogP contribution in [0.5, 0.6) is 11.5 Å². The highest BCUT2D eigenvalue weighted by Crippen LogP contribution is 2.29. The SMILES string of the molecule is C=CCc1ccccc1O[Si](CCCNC(N)=O)(OC)Oc1ccccc1CC=C. The highest BCUT2D eigenvalue weighted by molar-refractivity contribution is 6.62. The number of allylic oxidation sites excluding steroid dienone is 2. The summed E-state index contributed by atoms with van der Waals surface area (Å²) in [5, 5.41) is 2.60. The van der Waals surface area contributed by atoms with Gasteiger partial charge in [-0.3, -0.25) is 0 Å². The van der Waals surface area contributed by atoms with Crippen LogP contribution in [-0.4, -0.2) is 28.5 Å². The summed E-state index contributed by atoms with van der Waals surface area (Å²) < 4.78 is 18.8. The average Bonchev–Trinajstić information content (AvgIpc) is 2.74. The summed E-state index contributed by atoms with van der Waals surface area (Å²) in [4.78, 5) is 11.0. The van der Waals surface area contributed by atoms with Gasteiger partial charge >= 0.3 is 14.8 Å². The number of amides is 2. The monoisotopic (exact) mass is 426 g/mol. The zero-order valence-electron chi connectivity index (χ0n) is 17.4. The summed E-state index contributed by atoms with van der Waals surface area (Å²) in [6.45, 7) is 8.05. The molecule has 2 amide bonds. The van der Waals surface area contributed by atoms with Crippen molar-refractivity contribution in [3.8, 4) is 11.5 Å². The van der Waals surface area contributed by atoms with Crippen molar-refractivity contribution in [3.05, 3.63) is 85.0 Å².